The normalized spacial score (nSPS) is 10.9. The molecule has 0 spiro atoms. The molecule has 0 aromatic heterocycles. The Morgan fingerprint density at radius 1 is 0.594 bits per heavy atom. The zero-order valence-corrected chi connectivity index (χ0v) is 20.4. The van der Waals surface area contributed by atoms with Gasteiger partial charge in [-0.2, -0.15) is 0 Å². The molecule has 2 aromatic rings. The van der Waals surface area contributed by atoms with E-state index in [0.29, 0.717) is 37.2 Å². The summed E-state index contributed by atoms with van der Waals surface area (Å²) in [6.07, 6.45) is 2.53. The minimum atomic E-state index is 0.0803. The predicted octanol–water partition coefficient (Wildman–Crippen LogP) is 7.72. The Hall–Kier alpha value is -3.00. The summed E-state index contributed by atoms with van der Waals surface area (Å²) < 4.78 is 0. The molecule has 0 radical (unpaired) electrons. The molecule has 0 amide bonds. The zero-order valence-electron chi connectivity index (χ0n) is 20.4. The number of hydrogen-bond donors (Lipinski definition) is 2. The molecule has 2 aromatic carbocycles. The van der Waals surface area contributed by atoms with Crippen molar-refractivity contribution in [1.29, 1.82) is 0 Å². The van der Waals surface area contributed by atoms with Crippen LogP contribution in [-0.2, 0) is 25.7 Å². The molecule has 0 fully saturated rings. The lowest BCUT2D eigenvalue weighted by molar-refractivity contribution is 0.462. The van der Waals surface area contributed by atoms with E-state index in [1.54, 1.807) is 0 Å². The highest BCUT2D eigenvalue weighted by molar-refractivity contribution is 5.52. The quantitative estimate of drug-likeness (QED) is 0.379. The van der Waals surface area contributed by atoms with Crippen molar-refractivity contribution < 1.29 is 10.2 Å². The molecule has 2 heteroatoms. The lowest BCUT2D eigenvalue weighted by Crippen LogP contribution is -2.04. The van der Waals surface area contributed by atoms with Crippen LogP contribution in [0.4, 0.5) is 0 Å². The molecule has 2 rings (SSSR count). The summed E-state index contributed by atoms with van der Waals surface area (Å²) in [5.41, 5.74) is 9.83. The third-order valence-electron chi connectivity index (χ3n) is 5.55. The third-order valence-corrected chi connectivity index (χ3v) is 5.55. The van der Waals surface area contributed by atoms with Gasteiger partial charge in [-0.3, -0.25) is 0 Å². The van der Waals surface area contributed by atoms with E-state index in [4.69, 9.17) is 0 Å². The van der Waals surface area contributed by atoms with E-state index in [-0.39, 0.29) is 5.92 Å². The molecule has 2 nitrogen and oxygen atoms in total. The molecule has 0 saturated carbocycles. The van der Waals surface area contributed by atoms with Gasteiger partial charge in [0.15, 0.2) is 0 Å². The second kappa shape index (κ2) is 10.5. The molecule has 0 aliphatic carbocycles. The number of allylic oxidation sites excluding steroid dienone is 4. The minimum Gasteiger partial charge on any atom is -0.507 e. The molecule has 0 heterocycles. The van der Waals surface area contributed by atoms with Gasteiger partial charge in [-0.05, 0) is 86.8 Å². The van der Waals surface area contributed by atoms with E-state index in [9.17, 15) is 10.2 Å². The van der Waals surface area contributed by atoms with Crippen LogP contribution in [0.25, 0.3) is 0 Å². The molecule has 32 heavy (non-hydrogen) atoms. The Bertz CT molecular complexity index is 909. The molecule has 170 valence electrons. The van der Waals surface area contributed by atoms with Gasteiger partial charge >= 0.3 is 0 Å². The monoisotopic (exact) mass is 430 g/mol. The highest BCUT2D eigenvalue weighted by Crippen LogP contribution is 2.37. The molecule has 0 unspecified atom stereocenters. The summed E-state index contributed by atoms with van der Waals surface area (Å²) >= 11 is 0. The SMILES string of the molecule is C=C(C)Cc1cc(C(C)c2cc(CC(=C)C)c(O)c(CC(=C)C)c2)cc(CC(=C)C)c1O. The van der Waals surface area contributed by atoms with Crippen molar-refractivity contribution in [1.82, 2.24) is 0 Å². The Labute approximate surface area is 194 Å². The van der Waals surface area contributed by atoms with Crippen molar-refractivity contribution in [2.75, 3.05) is 0 Å². The van der Waals surface area contributed by atoms with Crippen LogP contribution in [-0.4, -0.2) is 10.2 Å². The lowest BCUT2D eigenvalue weighted by atomic mass is 9.85. The lowest BCUT2D eigenvalue weighted by Gasteiger charge is -2.21. The van der Waals surface area contributed by atoms with Gasteiger partial charge in [-0.15, -0.1) is 0 Å². The van der Waals surface area contributed by atoms with Crippen molar-refractivity contribution in [3.05, 3.63) is 106 Å². The van der Waals surface area contributed by atoms with Gasteiger partial charge in [-0.1, -0.05) is 79.8 Å². The highest BCUT2D eigenvalue weighted by atomic mass is 16.3. The number of phenols is 2. The fourth-order valence-corrected chi connectivity index (χ4v) is 4.11. The molecular formula is C30H38O2. The number of benzene rings is 2. The van der Waals surface area contributed by atoms with Crippen LogP contribution >= 0.6 is 0 Å². The van der Waals surface area contributed by atoms with E-state index in [0.717, 1.165) is 55.7 Å². The predicted molar refractivity (Wildman–Crippen MR) is 138 cm³/mol. The van der Waals surface area contributed by atoms with E-state index >= 15 is 0 Å². The van der Waals surface area contributed by atoms with E-state index in [2.05, 4.69) is 57.5 Å². The highest BCUT2D eigenvalue weighted by Gasteiger charge is 2.19. The zero-order chi connectivity index (χ0) is 24.2. The Balaban J connectivity index is 2.64. The Morgan fingerprint density at radius 3 is 1.00 bits per heavy atom. The number of aromatic hydroxyl groups is 2. The van der Waals surface area contributed by atoms with Crippen LogP contribution in [0.2, 0.25) is 0 Å². The van der Waals surface area contributed by atoms with Gasteiger partial charge in [0.25, 0.3) is 0 Å². The van der Waals surface area contributed by atoms with Crippen LogP contribution in [0, 0.1) is 0 Å². The summed E-state index contributed by atoms with van der Waals surface area (Å²) in [6.45, 7) is 26.2. The molecule has 0 bridgehead atoms. The molecule has 0 aliphatic heterocycles. The second-order valence-corrected chi connectivity index (χ2v) is 9.63. The van der Waals surface area contributed by atoms with Crippen LogP contribution in [0.5, 0.6) is 11.5 Å². The van der Waals surface area contributed by atoms with Gasteiger partial charge < -0.3 is 10.2 Å². The maximum absolute atomic E-state index is 10.9. The van der Waals surface area contributed by atoms with Gasteiger partial charge in [0.1, 0.15) is 11.5 Å². The topological polar surface area (TPSA) is 40.5 Å². The Morgan fingerprint density at radius 2 is 0.812 bits per heavy atom. The number of hydrogen-bond acceptors (Lipinski definition) is 2. The fraction of sp³-hybridized carbons (Fsp3) is 0.333. The first-order valence-electron chi connectivity index (χ1n) is 11.2. The first-order chi connectivity index (χ1) is 14.9. The van der Waals surface area contributed by atoms with Crippen LogP contribution in [0.15, 0.2) is 72.9 Å². The van der Waals surface area contributed by atoms with Crippen LogP contribution in [0.1, 0.15) is 73.9 Å². The van der Waals surface area contributed by atoms with Gasteiger partial charge in [0.2, 0.25) is 0 Å². The maximum atomic E-state index is 10.9. The van der Waals surface area contributed by atoms with Crippen LogP contribution in [0.3, 0.4) is 0 Å². The van der Waals surface area contributed by atoms with Gasteiger partial charge in [-0.25, -0.2) is 0 Å². The van der Waals surface area contributed by atoms with Gasteiger partial charge in [0.05, 0.1) is 0 Å². The largest absolute Gasteiger partial charge is 0.507 e. The summed E-state index contributed by atoms with van der Waals surface area (Å²) in [6, 6.07) is 8.33. The summed E-state index contributed by atoms with van der Waals surface area (Å²) in [4.78, 5) is 0. The van der Waals surface area contributed by atoms with Gasteiger partial charge in [0, 0.05) is 5.92 Å². The molecular weight excluding hydrogens is 392 g/mol. The average molecular weight is 431 g/mol. The first-order valence-corrected chi connectivity index (χ1v) is 11.2. The standard InChI is InChI=1S/C30H38O2/c1-18(2)10-25-14-23(15-26(29(25)31)11-19(3)4)22(9)24-16-27(12-20(5)6)30(32)28(17-24)13-21(7)8/h14-17,22,31-32H,1,3,5,7,10-13H2,2,4,6,8-9H3. The molecule has 2 N–H and O–H groups in total. The Kier molecular flexibility index (Phi) is 8.32. The van der Waals surface area contributed by atoms with Crippen molar-refractivity contribution in [3.8, 4) is 11.5 Å². The summed E-state index contributed by atoms with van der Waals surface area (Å²) in [7, 11) is 0. The van der Waals surface area contributed by atoms with Crippen molar-refractivity contribution >= 4 is 0 Å². The van der Waals surface area contributed by atoms with Crippen molar-refractivity contribution in [2.24, 2.45) is 0 Å². The number of phenolic OH excluding ortho intramolecular Hbond substituents is 2. The van der Waals surface area contributed by atoms with E-state index < -0.39 is 0 Å². The minimum absolute atomic E-state index is 0.0803. The van der Waals surface area contributed by atoms with E-state index in [1.807, 2.05) is 27.7 Å². The van der Waals surface area contributed by atoms with Crippen molar-refractivity contribution in [2.45, 2.75) is 66.2 Å². The third kappa shape index (κ3) is 6.50. The van der Waals surface area contributed by atoms with Crippen LogP contribution < -0.4 is 0 Å². The second-order valence-electron chi connectivity index (χ2n) is 9.63. The van der Waals surface area contributed by atoms with Crippen molar-refractivity contribution in [3.63, 3.8) is 0 Å². The maximum Gasteiger partial charge on any atom is 0.122 e. The summed E-state index contributed by atoms with van der Waals surface area (Å²) in [5, 5.41) is 21.7. The fourth-order valence-electron chi connectivity index (χ4n) is 4.11. The molecule has 0 saturated heterocycles. The average Bonchev–Trinajstić information content (AvgIpc) is 2.65. The smallest absolute Gasteiger partial charge is 0.122 e. The first kappa shape index (κ1) is 25.3. The summed E-state index contributed by atoms with van der Waals surface area (Å²) in [5.74, 6) is 0.754. The molecule has 0 aliphatic rings. The molecule has 0 atom stereocenters. The van der Waals surface area contributed by atoms with E-state index in [1.165, 1.54) is 0 Å². The number of rotatable bonds is 10.